The molecule has 1 unspecified atom stereocenters. The second-order valence-electron chi connectivity index (χ2n) is 7.07. The molecule has 0 spiro atoms. The van der Waals surface area contributed by atoms with Gasteiger partial charge in [0, 0.05) is 45.3 Å². The van der Waals surface area contributed by atoms with Crippen molar-refractivity contribution in [3.05, 3.63) is 0 Å². The number of sulfonamides is 1. The van der Waals surface area contributed by atoms with E-state index >= 15 is 0 Å². The maximum absolute atomic E-state index is 12.5. The highest BCUT2D eigenvalue weighted by Gasteiger charge is 2.26. The van der Waals surface area contributed by atoms with Crippen LogP contribution in [0.3, 0.4) is 0 Å². The van der Waals surface area contributed by atoms with Gasteiger partial charge in [0.2, 0.25) is 15.9 Å². The number of hydrogen-bond donors (Lipinski definition) is 1. The summed E-state index contributed by atoms with van der Waals surface area (Å²) in [6.07, 6.45) is 5.49. The maximum Gasteiger partial charge on any atom is 0.236 e. The quantitative estimate of drug-likeness (QED) is 0.644. The van der Waals surface area contributed by atoms with Crippen LogP contribution in [0.1, 0.15) is 32.6 Å². The Labute approximate surface area is 146 Å². The van der Waals surface area contributed by atoms with E-state index in [9.17, 15) is 13.2 Å². The molecule has 0 aromatic heterocycles. The maximum atomic E-state index is 12.5. The largest absolute Gasteiger partial charge is 0.339 e. The molecule has 7 nitrogen and oxygen atoms in total. The van der Waals surface area contributed by atoms with Crippen LogP contribution in [0.25, 0.3) is 0 Å². The van der Waals surface area contributed by atoms with Gasteiger partial charge < -0.3 is 9.80 Å². The molecule has 2 rings (SSSR count). The van der Waals surface area contributed by atoms with Crippen molar-refractivity contribution in [2.24, 2.45) is 0 Å². The van der Waals surface area contributed by atoms with Crippen LogP contribution in [0.15, 0.2) is 0 Å². The number of hydrogen-bond acceptors (Lipinski definition) is 5. The molecule has 140 valence electrons. The van der Waals surface area contributed by atoms with E-state index in [1.165, 1.54) is 12.7 Å². The fourth-order valence-corrected chi connectivity index (χ4v) is 4.00. The Balaban J connectivity index is 1.63. The van der Waals surface area contributed by atoms with Crippen molar-refractivity contribution < 1.29 is 13.2 Å². The molecule has 2 heterocycles. The summed E-state index contributed by atoms with van der Waals surface area (Å²) in [6.45, 7) is 8.70. The van der Waals surface area contributed by atoms with Crippen LogP contribution >= 0.6 is 0 Å². The van der Waals surface area contributed by atoms with E-state index in [1.807, 2.05) is 4.90 Å². The molecule has 1 atom stereocenters. The van der Waals surface area contributed by atoms with Gasteiger partial charge in [-0.15, -0.1) is 0 Å². The van der Waals surface area contributed by atoms with Gasteiger partial charge in [-0.3, -0.25) is 9.69 Å². The summed E-state index contributed by atoms with van der Waals surface area (Å²) >= 11 is 0. The average molecular weight is 361 g/mol. The molecule has 2 aliphatic rings. The van der Waals surface area contributed by atoms with Crippen molar-refractivity contribution in [1.82, 2.24) is 19.4 Å². The summed E-state index contributed by atoms with van der Waals surface area (Å²) < 4.78 is 24.6. The predicted octanol–water partition coefficient (Wildman–Crippen LogP) is -0.0557. The van der Waals surface area contributed by atoms with Crippen LogP contribution in [0.2, 0.25) is 0 Å². The van der Waals surface area contributed by atoms with Gasteiger partial charge in [0.05, 0.1) is 12.8 Å². The summed E-state index contributed by atoms with van der Waals surface area (Å²) in [5.41, 5.74) is 0. The average Bonchev–Trinajstić information content (AvgIpc) is 2.52. The Bertz CT molecular complexity index is 503. The Morgan fingerprint density at radius 3 is 2.38 bits per heavy atom. The van der Waals surface area contributed by atoms with Crippen molar-refractivity contribution in [2.75, 3.05) is 58.6 Å². The van der Waals surface area contributed by atoms with Crippen molar-refractivity contribution in [3.63, 3.8) is 0 Å². The van der Waals surface area contributed by atoms with E-state index in [0.717, 1.165) is 58.5 Å². The van der Waals surface area contributed by atoms with Crippen molar-refractivity contribution in [3.8, 4) is 0 Å². The van der Waals surface area contributed by atoms with E-state index in [2.05, 4.69) is 21.4 Å². The van der Waals surface area contributed by atoms with E-state index in [4.69, 9.17) is 0 Å². The second kappa shape index (κ2) is 9.12. The van der Waals surface area contributed by atoms with Crippen LogP contribution in [0.4, 0.5) is 0 Å². The molecule has 0 radical (unpaired) electrons. The molecule has 0 aromatic rings. The number of piperidine rings is 1. The summed E-state index contributed by atoms with van der Waals surface area (Å²) in [5, 5.41) is 0. The number of nitrogens with one attached hydrogen (secondary N) is 1. The summed E-state index contributed by atoms with van der Waals surface area (Å²) in [7, 11) is -3.08. The summed E-state index contributed by atoms with van der Waals surface area (Å²) in [4.78, 5) is 19.1. The second-order valence-corrected chi connectivity index (χ2v) is 8.90. The van der Waals surface area contributed by atoms with Gasteiger partial charge in [-0.05, 0) is 39.2 Å². The first-order chi connectivity index (χ1) is 11.3. The van der Waals surface area contributed by atoms with Gasteiger partial charge in [-0.1, -0.05) is 0 Å². The third-order valence-corrected chi connectivity index (χ3v) is 5.69. The Morgan fingerprint density at radius 1 is 1.08 bits per heavy atom. The normalized spacial score (nSPS) is 24.2. The Morgan fingerprint density at radius 2 is 1.75 bits per heavy atom. The van der Waals surface area contributed by atoms with Gasteiger partial charge in [-0.2, -0.15) is 0 Å². The number of rotatable bonds is 7. The fraction of sp³-hybridized carbons (Fsp3) is 0.938. The first kappa shape index (κ1) is 19.6. The fourth-order valence-electron chi connectivity index (χ4n) is 3.48. The highest BCUT2D eigenvalue weighted by atomic mass is 32.2. The van der Waals surface area contributed by atoms with Crippen LogP contribution in [-0.4, -0.2) is 93.7 Å². The first-order valence-corrected chi connectivity index (χ1v) is 10.9. The Hall–Kier alpha value is -0.700. The number of carbonyl (C=O) groups is 1. The topological polar surface area (TPSA) is 73.0 Å². The number of nitrogens with zero attached hydrogens (tertiary/aromatic N) is 3. The van der Waals surface area contributed by atoms with E-state index in [0.29, 0.717) is 19.1 Å². The van der Waals surface area contributed by atoms with Gasteiger partial charge in [-0.25, -0.2) is 13.1 Å². The molecule has 2 saturated heterocycles. The number of likely N-dealkylation sites (tertiary alicyclic amines) is 1. The molecule has 0 aliphatic carbocycles. The summed E-state index contributed by atoms with van der Waals surface area (Å²) in [6, 6.07) is 0.384. The van der Waals surface area contributed by atoms with Crippen molar-refractivity contribution in [1.29, 1.82) is 0 Å². The van der Waals surface area contributed by atoms with Crippen LogP contribution < -0.4 is 4.72 Å². The standard InChI is InChI=1S/C16H32N4O3S/c1-15-6-3-4-9-20(15)16(21)14-19-12-10-18(11-13-19)8-5-7-17-24(2,22)23/h15,17H,3-14H2,1-2H3. The molecular formula is C16H32N4O3S. The minimum absolute atomic E-state index is 0.271. The number of amides is 1. The van der Waals surface area contributed by atoms with Gasteiger partial charge in [0.25, 0.3) is 0 Å². The zero-order chi connectivity index (χ0) is 17.6. The van der Waals surface area contributed by atoms with Crippen molar-refractivity contribution >= 4 is 15.9 Å². The first-order valence-electron chi connectivity index (χ1n) is 9.04. The molecular weight excluding hydrogens is 328 g/mol. The molecule has 2 fully saturated rings. The highest BCUT2D eigenvalue weighted by molar-refractivity contribution is 7.88. The molecule has 8 heteroatoms. The zero-order valence-electron chi connectivity index (χ0n) is 15.0. The third-order valence-electron chi connectivity index (χ3n) is 4.96. The smallest absolute Gasteiger partial charge is 0.236 e. The lowest BCUT2D eigenvalue weighted by molar-refractivity contribution is -0.136. The Kier molecular flexibility index (Phi) is 7.46. The molecule has 2 aliphatic heterocycles. The van der Waals surface area contributed by atoms with Gasteiger partial charge in [0.1, 0.15) is 0 Å². The monoisotopic (exact) mass is 360 g/mol. The highest BCUT2D eigenvalue weighted by Crippen LogP contribution is 2.17. The molecule has 0 bridgehead atoms. The molecule has 0 aromatic carbocycles. The molecule has 1 N–H and O–H groups in total. The van der Waals surface area contributed by atoms with Crippen LogP contribution in [-0.2, 0) is 14.8 Å². The lowest BCUT2D eigenvalue weighted by Crippen LogP contribution is -2.52. The van der Waals surface area contributed by atoms with Gasteiger partial charge in [0.15, 0.2) is 0 Å². The lowest BCUT2D eigenvalue weighted by atomic mass is 10.0. The SMILES string of the molecule is CC1CCCCN1C(=O)CN1CCN(CCCNS(C)(=O)=O)CC1. The number of carbonyl (C=O) groups excluding carboxylic acids is 1. The van der Waals surface area contributed by atoms with Crippen molar-refractivity contribution in [2.45, 2.75) is 38.6 Å². The molecule has 1 amide bonds. The summed E-state index contributed by atoms with van der Waals surface area (Å²) in [5.74, 6) is 0.271. The third kappa shape index (κ3) is 6.66. The molecule has 0 saturated carbocycles. The predicted molar refractivity (Wildman–Crippen MR) is 95.4 cm³/mol. The van der Waals surface area contributed by atoms with E-state index < -0.39 is 10.0 Å². The van der Waals surface area contributed by atoms with Crippen LogP contribution in [0, 0.1) is 0 Å². The van der Waals surface area contributed by atoms with Crippen LogP contribution in [0.5, 0.6) is 0 Å². The lowest BCUT2D eigenvalue weighted by Gasteiger charge is -2.38. The van der Waals surface area contributed by atoms with Gasteiger partial charge >= 0.3 is 0 Å². The minimum atomic E-state index is -3.08. The van der Waals surface area contributed by atoms with E-state index in [1.54, 1.807) is 0 Å². The zero-order valence-corrected chi connectivity index (χ0v) is 15.9. The minimum Gasteiger partial charge on any atom is -0.339 e. The molecule has 24 heavy (non-hydrogen) atoms. The number of piperazine rings is 1. The van der Waals surface area contributed by atoms with E-state index in [-0.39, 0.29) is 5.91 Å².